The molecule has 0 fully saturated rings. The van der Waals surface area contributed by atoms with Gasteiger partial charge >= 0.3 is 0 Å². The van der Waals surface area contributed by atoms with E-state index in [2.05, 4.69) is 0 Å². The van der Waals surface area contributed by atoms with E-state index in [1.165, 1.54) is 16.4 Å². The molecule has 0 saturated heterocycles. The molecule has 0 saturated carbocycles. The van der Waals surface area contributed by atoms with Crippen LogP contribution in [0.2, 0.25) is 0 Å². The number of nitrogens with zero attached hydrogens (tertiary/aromatic N) is 2. The molecule has 1 rings (SSSR count). The molecule has 0 aliphatic carbocycles. The van der Waals surface area contributed by atoms with E-state index in [1.807, 2.05) is 6.07 Å². The van der Waals surface area contributed by atoms with Gasteiger partial charge in [0.25, 0.3) is 0 Å². The van der Waals surface area contributed by atoms with E-state index in [0.717, 1.165) is 6.07 Å². The van der Waals surface area contributed by atoms with Gasteiger partial charge in [0.15, 0.2) is 0 Å². The van der Waals surface area contributed by atoms with Crippen molar-refractivity contribution in [1.82, 2.24) is 4.31 Å². The molecule has 0 amide bonds. The maximum absolute atomic E-state index is 13.7. The highest BCUT2D eigenvalue weighted by Crippen LogP contribution is 2.15. The molecule has 6 heteroatoms. The van der Waals surface area contributed by atoms with Gasteiger partial charge in [-0.15, -0.1) is 0 Å². The lowest BCUT2D eigenvalue weighted by atomic mass is 10.1. The van der Waals surface area contributed by atoms with Crippen LogP contribution in [-0.2, 0) is 16.6 Å². The van der Waals surface area contributed by atoms with Crippen LogP contribution < -0.4 is 0 Å². The minimum Gasteiger partial charge on any atom is -0.212 e. The number of hydrogen-bond acceptors (Lipinski definition) is 3. The van der Waals surface area contributed by atoms with E-state index in [4.69, 9.17) is 5.26 Å². The smallest absolute Gasteiger partial charge is 0.212 e. The second-order valence-corrected chi connectivity index (χ2v) is 6.25. The zero-order valence-electron chi connectivity index (χ0n) is 11.1. The Hall–Kier alpha value is -1.45. The van der Waals surface area contributed by atoms with Gasteiger partial charge in [-0.2, -0.15) is 9.57 Å². The van der Waals surface area contributed by atoms with Gasteiger partial charge < -0.3 is 0 Å². The molecule has 0 aliphatic rings. The summed E-state index contributed by atoms with van der Waals surface area (Å²) < 4.78 is 38.9. The number of hydrogen-bond donors (Lipinski definition) is 0. The summed E-state index contributed by atoms with van der Waals surface area (Å²) >= 11 is 0. The summed E-state index contributed by atoms with van der Waals surface area (Å²) in [6, 6.07) is 5.90. The van der Waals surface area contributed by atoms with Gasteiger partial charge in [-0.1, -0.05) is 19.9 Å². The van der Waals surface area contributed by atoms with Crippen molar-refractivity contribution in [3.63, 3.8) is 0 Å². The first-order chi connectivity index (χ1) is 8.94. The van der Waals surface area contributed by atoms with Gasteiger partial charge in [-0.3, -0.25) is 0 Å². The van der Waals surface area contributed by atoms with Crippen LogP contribution >= 0.6 is 0 Å². The van der Waals surface area contributed by atoms with Crippen molar-refractivity contribution in [2.75, 3.05) is 12.3 Å². The van der Waals surface area contributed by atoms with Gasteiger partial charge in [0.1, 0.15) is 5.82 Å². The molecule has 104 valence electrons. The zero-order chi connectivity index (χ0) is 14.5. The third-order valence-corrected chi connectivity index (χ3v) is 4.84. The fourth-order valence-electron chi connectivity index (χ4n) is 1.73. The summed E-state index contributed by atoms with van der Waals surface area (Å²) in [7, 11) is -3.35. The van der Waals surface area contributed by atoms with Crippen LogP contribution in [0.4, 0.5) is 4.39 Å². The van der Waals surface area contributed by atoms with Crippen molar-refractivity contribution >= 4 is 10.0 Å². The van der Waals surface area contributed by atoms with Crippen molar-refractivity contribution in [3.8, 4) is 6.07 Å². The molecule has 0 heterocycles. The molecule has 0 radical (unpaired) electrons. The maximum Gasteiger partial charge on any atom is 0.214 e. The fraction of sp³-hybridized carbons (Fsp3) is 0.462. The van der Waals surface area contributed by atoms with E-state index >= 15 is 0 Å². The molecule has 1 aromatic carbocycles. The third kappa shape index (κ3) is 4.01. The molecule has 0 atom stereocenters. The Kier molecular flexibility index (Phi) is 5.45. The Morgan fingerprint density at radius 2 is 2.05 bits per heavy atom. The first-order valence-corrected chi connectivity index (χ1v) is 7.71. The van der Waals surface area contributed by atoms with Crippen LogP contribution in [0.1, 0.15) is 31.4 Å². The molecule has 0 N–H and O–H groups in total. The predicted octanol–water partition coefficient (Wildman–Crippen LogP) is 2.26. The molecule has 19 heavy (non-hydrogen) atoms. The number of nitriles is 1. The monoisotopic (exact) mass is 284 g/mol. The minimum absolute atomic E-state index is 0.00360. The van der Waals surface area contributed by atoms with Crippen LogP contribution in [0.15, 0.2) is 18.2 Å². The van der Waals surface area contributed by atoms with Crippen molar-refractivity contribution in [3.05, 3.63) is 35.1 Å². The highest BCUT2D eigenvalue weighted by atomic mass is 32.2. The summed E-state index contributed by atoms with van der Waals surface area (Å²) in [6.45, 7) is 3.79. The number of sulfonamides is 1. The van der Waals surface area contributed by atoms with Crippen LogP contribution in [0.5, 0.6) is 0 Å². The predicted molar refractivity (Wildman–Crippen MR) is 71.3 cm³/mol. The van der Waals surface area contributed by atoms with Gasteiger partial charge in [-0.05, 0) is 18.6 Å². The summed E-state index contributed by atoms with van der Waals surface area (Å²) in [5, 5.41) is 8.66. The average molecular weight is 284 g/mol. The van der Waals surface area contributed by atoms with E-state index in [0.29, 0.717) is 13.0 Å². The van der Waals surface area contributed by atoms with E-state index in [1.54, 1.807) is 13.8 Å². The van der Waals surface area contributed by atoms with E-state index < -0.39 is 15.8 Å². The standard InChI is InChI=1S/C13H17FN2O2S/c1-3-7-19(17,18)16(4-2)10-12-6-5-11(9-15)8-13(12)14/h5-6,8H,3-4,7,10H2,1-2H3. The zero-order valence-corrected chi connectivity index (χ0v) is 11.9. The lowest BCUT2D eigenvalue weighted by Crippen LogP contribution is -2.32. The number of benzene rings is 1. The summed E-state index contributed by atoms with van der Waals surface area (Å²) in [5.41, 5.74) is 0.501. The second kappa shape index (κ2) is 6.64. The van der Waals surface area contributed by atoms with Crippen LogP contribution in [0.25, 0.3) is 0 Å². The summed E-state index contributed by atoms with van der Waals surface area (Å²) in [4.78, 5) is 0. The maximum atomic E-state index is 13.7. The Morgan fingerprint density at radius 1 is 1.37 bits per heavy atom. The molecular formula is C13H17FN2O2S. The third-order valence-electron chi connectivity index (χ3n) is 2.74. The Labute approximate surface area is 113 Å². The van der Waals surface area contributed by atoms with E-state index in [9.17, 15) is 12.8 Å². The molecule has 0 aliphatic heterocycles. The Bertz CT molecular complexity index is 579. The fourth-order valence-corrected chi connectivity index (χ4v) is 3.23. The highest BCUT2D eigenvalue weighted by molar-refractivity contribution is 7.89. The van der Waals surface area contributed by atoms with Crippen LogP contribution in [-0.4, -0.2) is 25.0 Å². The molecular weight excluding hydrogens is 267 g/mol. The second-order valence-electron chi connectivity index (χ2n) is 4.16. The van der Waals surface area contributed by atoms with Crippen molar-refractivity contribution in [1.29, 1.82) is 5.26 Å². The summed E-state index contributed by atoms with van der Waals surface area (Å²) in [5.74, 6) is -0.497. The quantitative estimate of drug-likeness (QED) is 0.805. The number of halogens is 1. The molecule has 0 unspecified atom stereocenters. The normalized spacial score (nSPS) is 11.5. The lowest BCUT2D eigenvalue weighted by Gasteiger charge is -2.20. The number of rotatable bonds is 6. The van der Waals surface area contributed by atoms with Gasteiger partial charge in [0.05, 0.1) is 17.4 Å². The minimum atomic E-state index is -3.35. The topological polar surface area (TPSA) is 61.2 Å². The van der Waals surface area contributed by atoms with Crippen molar-refractivity contribution < 1.29 is 12.8 Å². The largest absolute Gasteiger partial charge is 0.214 e. The highest BCUT2D eigenvalue weighted by Gasteiger charge is 2.20. The molecule has 4 nitrogen and oxygen atoms in total. The van der Waals surface area contributed by atoms with Crippen LogP contribution in [0.3, 0.4) is 0 Å². The Balaban J connectivity index is 2.97. The van der Waals surface area contributed by atoms with Gasteiger partial charge in [-0.25, -0.2) is 12.8 Å². The van der Waals surface area contributed by atoms with Crippen molar-refractivity contribution in [2.24, 2.45) is 0 Å². The summed E-state index contributed by atoms with van der Waals surface area (Å²) in [6.07, 6.45) is 0.523. The first kappa shape index (κ1) is 15.6. The molecule has 0 spiro atoms. The SMILES string of the molecule is CCCS(=O)(=O)N(CC)Cc1ccc(C#N)cc1F. The van der Waals surface area contributed by atoms with E-state index in [-0.39, 0.29) is 23.4 Å². The van der Waals surface area contributed by atoms with Crippen LogP contribution in [0, 0.1) is 17.1 Å². The van der Waals surface area contributed by atoms with Gasteiger partial charge in [0.2, 0.25) is 10.0 Å². The Morgan fingerprint density at radius 3 is 2.53 bits per heavy atom. The van der Waals surface area contributed by atoms with Gasteiger partial charge in [0, 0.05) is 18.7 Å². The molecule has 0 aromatic heterocycles. The lowest BCUT2D eigenvalue weighted by molar-refractivity contribution is 0.415. The first-order valence-electron chi connectivity index (χ1n) is 6.11. The average Bonchev–Trinajstić information content (AvgIpc) is 2.36. The molecule has 1 aromatic rings. The van der Waals surface area contributed by atoms with Crippen molar-refractivity contribution in [2.45, 2.75) is 26.8 Å². The molecule has 0 bridgehead atoms.